The Labute approximate surface area is 219 Å². The zero-order valence-corrected chi connectivity index (χ0v) is 21.4. The number of hydrogen-bond donors (Lipinski definition) is 1. The summed E-state index contributed by atoms with van der Waals surface area (Å²) in [4.78, 5) is 38.9. The van der Waals surface area contributed by atoms with Crippen molar-refractivity contribution in [2.24, 2.45) is 0 Å². The minimum atomic E-state index is -0.822. The number of halogens is 3. The first-order valence-electron chi connectivity index (χ1n) is 10.1. The molecule has 9 heteroatoms. The molecule has 1 aliphatic rings. The third-order valence-electron chi connectivity index (χ3n) is 5.22. The molecule has 0 aliphatic carbocycles. The van der Waals surface area contributed by atoms with Crippen molar-refractivity contribution in [1.29, 1.82) is 0 Å². The number of rotatable bonds is 5. The van der Waals surface area contributed by atoms with Crippen LogP contribution in [0.1, 0.15) is 16.7 Å². The highest BCUT2D eigenvalue weighted by Crippen LogP contribution is 2.32. The average molecular weight is 607 g/mol. The van der Waals surface area contributed by atoms with E-state index in [1.165, 1.54) is 18.2 Å². The van der Waals surface area contributed by atoms with Crippen molar-refractivity contribution in [3.8, 4) is 5.75 Å². The number of ether oxygens (including phenoxy) is 1. The fraction of sp³-hybridized carbons (Fsp3) is 0.0800. The van der Waals surface area contributed by atoms with Crippen molar-refractivity contribution in [3.63, 3.8) is 0 Å². The highest BCUT2D eigenvalue weighted by molar-refractivity contribution is 14.1. The lowest BCUT2D eigenvalue weighted by atomic mass is 10.0. The molecule has 1 heterocycles. The van der Waals surface area contributed by atoms with Gasteiger partial charge in [0.1, 0.15) is 11.3 Å². The number of imide groups is 2. The van der Waals surface area contributed by atoms with E-state index in [1.807, 2.05) is 30.3 Å². The summed E-state index contributed by atoms with van der Waals surface area (Å²) in [7, 11) is 1.55. The lowest BCUT2D eigenvalue weighted by Gasteiger charge is -2.26. The normalized spacial score (nSPS) is 15.0. The number of carbonyl (C=O) groups excluding carboxylic acids is 3. The largest absolute Gasteiger partial charge is 0.496 e. The van der Waals surface area contributed by atoms with Crippen molar-refractivity contribution >= 4 is 75.4 Å². The number of hydrogen-bond acceptors (Lipinski definition) is 4. The van der Waals surface area contributed by atoms with E-state index >= 15 is 0 Å². The van der Waals surface area contributed by atoms with Gasteiger partial charge in [0.25, 0.3) is 11.8 Å². The number of nitrogens with one attached hydrogen (secondary N) is 1. The van der Waals surface area contributed by atoms with Crippen molar-refractivity contribution < 1.29 is 19.1 Å². The van der Waals surface area contributed by atoms with Gasteiger partial charge < -0.3 is 4.74 Å². The maximum Gasteiger partial charge on any atom is 0.335 e. The van der Waals surface area contributed by atoms with Gasteiger partial charge in [-0.25, -0.2) is 9.69 Å². The molecule has 172 valence electrons. The van der Waals surface area contributed by atoms with E-state index in [0.29, 0.717) is 33.5 Å². The van der Waals surface area contributed by atoms with Gasteiger partial charge in [-0.15, -0.1) is 0 Å². The van der Waals surface area contributed by atoms with Crippen molar-refractivity contribution in [2.75, 3.05) is 12.0 Å². The third kappa shape index (κ3) is 4.96. The molecular weight excluding hydrogens is 590 g/mol. The van der Waals surface area contributed by atoms with Crippen LogP contribution >= 0.6 is 45.8 Å². The van der Waals surface area contributed by atoms with Gasteiger partial charge in [-0.1, -0.05) is 41.4 Å². The molecule has 34 heavy (non-hydrogen) atoms. The Morgan fingerprint density at radius 2 is 1.74 bits per heavy atom. The van der Waals surface area contributed by atoms with Crippen LogP contribution in [0.4, 0.5) is 10.5 Å². The maximum atomic E-state index is 13.1. The van der Waals surface area contributed by atoms with Gasteiger partial charge >= 0.3 is 6.03 Å². The molecule has 0 spiro atoms. The highest BCUT2D eigenvalue weighted by atomic mass is 127. The fourth-order valence-corrected chi connectivity index (χ4v) is 4.69. The van der Waals surface area contributed by atoms with Crippen LogP contribution in [-0.2, 0) is 16.0 Å². The van der Waals surface area contributed by atoms with Gasteiger partial charge in [-0.05, 0) is 82.3 Å². The molecule has 6 nitrogen and oxygen atoms in total. The molecule has 0 atom stereocenters. The second-order valence-electron chi connectivity index (χ2n) is 7.39. The molecule has 1 saturated heterocycles. The number of anilines is 1. The Balaban J connectivity index is 1.71. The number of nitrogens with zero attached hydrogens (tertiary/aromatic N) is 1. The van der Waals surface area contributed by atoms with Gasteiger partial charge in [0.15, 0.2) is 0 Å². The van der Waals surface area contributed by atoms with Gasteiger partial charge in [0, 0.05) is 25.6 Å². The predicted molar refractivity (Wildman–Crippen MR) is 140 cm³/mol. The van der Waals surface area contributed by atoms with Crippen LogP contribution in [0.2, 0.25) is 10.0 Å². The number of benzene rings is 3. The first-order chi connectivity index (χ1) is 16.3. The van der Waals surface area contributed by atoms with E-state index in [2.05, 4.69) is 27.9 Å². The van der Waals surface area contributed by atoms with E-state index < -0.39 is 17.8 Å². The lowest BCUT2D eigenvalue weighted by molar-refractivity contribution is -0.122. The Hall–Kier alpha value is -2.88. The van der Waals surface area contributed by atoms with Crippen LogP contribution in [0.5, 0.6) is 5.75 Å². The maximum absolute atomic E-state index is 13.1. The zero-order chi connectivity index (χ0) is 24.4. The smallest absolute Gasteiger partial charge is 0.335 e. The van der Waals surface area contributed by atoms with Gasteiger partial charge in [-0.2, -0.15) is 0 Å². The Morgan fingerprint density at radius 1 is 1.03 bits per heavy atom. The first kappa shape index (κ1) is 24.3. The molecule has 0 saturated carbocycles. The first-order valence-corrected chi connectivity index (χ1v) is 11.9. The second kappa shape index (κ2) is 10.2. The van der Waals surface area contributed by atoms with Crippen LogP contribution in [0, 0.1) is 3.57 Å². The summed E-state index contributed by atoms with van der Waals surface area (Å²) in [6, 6.07) is 16.5. The van der Waals surface area contributed by atoms with Crippen LogP contribution in [-0.4, -0.2) is 25.0 Å². The monoisotopic (exact) mass is 606 g/mol. The number of amides is 4. The summed E-state index contributed by atoms with van der Waals surface area (Å²) < 4.78 is 6.47. The Morgan fingerprint density at radius 3 is 2.41 bits per heavy atom. The molecule has 3 aromatic rings. The van der Waals surface area contributed by atoms with E-state index in [9.17, 15) is 14.4 Å². The van der Waals surface area contributed by atoms with Gasteiger partial charge in [0.2, 0.25) is 0 Å². The number of urea groups is 1. The molecule has 1 fully saturated rings. The number of methoxy groups -OCH3 is 1. The Kier molecular flexibility index (Phi) is 7.25. The van der Waals surface area contributed by atoms with Crippen LogP contribution in [0.15, 0.2) is 66.2 Å². The molecule has 0 aromatic heterocycles. The van der Waals surface area contributed by atoms with E-state index in [1.54, 1.807) is 25.3 Å². The molecule has 0 unspecified atom stereocenters. The average Bonchev–Trinajstić information content (AvgIpc) is 2.80. The van der Waals surface area contributed by atoms with E-state index in [0.717, 1.165) is 19.6 Å². The lowest BCUT2D eigenvalue weighted by Crippen LogP contribution is -2.54. The summed E-state index contributed by atoms with van der Waals surface area (Å²) in [5.74, 6) is -0.910. The second-order valence-corrected chi connectivity index (χ2v) is 9.39. The molecule has 3 aromatic carbocycles. The SMILES string of the molecule is COc1cc(/C=C2\C(=O)NC(=O)N(c3ccc(Cl)cc3)C2=O)cc(I)c1Cc1ccccc1Cl. The number of carbonyl (C=O) groups is 3. The standard InChI is InChI=1S/C25H17Cl2IN2O4/c1-34-22-12-14(11-21(28)18(22)13-15-4-2-3-5-20(15)27)10-19-23(31)29-25(33)30(24(19)32)17-8-6-16(26)7-9-17/h2-12H,13H2,1H3,(H,29,31,33)/b19-10+. The van der Waals surface area contributed by atoms with Crippen LogP contribution in [0.25, 0.3) is 6.08 Å². The molecule has 1 N–H and O–H groups in total. The quantitative estimate of drug-likeness (QED) is 0.224. The summed E-state index contributed by atoms with van der Waals surface area (Å²) >= 11 is 14.4. The van der Waals surface area contributed by atoms with E-state index in [-0.39, 0.29) is 5.57 Å². The van der Waals surface area contributed by atoms with Gasteiger partial charge in [-0.3, -0.25) is 14.9 Å². The van der Waals surface area contributed by atoms with Gasteiger partial charge in [0.05, 0.1) is 12.8 Å². The van der Waals surface area contributed by atoms with Crippen LogP contribution in [0.3, 0.4) is 0 Å². The Bertz CT molecular complexity index is 1340. The van der Waals surface area contributed by atoms with Crippen molar-refractivity contribution in [2.45, 2.75) is 6.42 Å². The summed E-state index contributed by atoms with van der Waals surface area (Å²) in [6.45, 7) is 0. The molecule has 0 radical (unpaired) electrons. The minimum Gasteiger partial charge on any atom is -0.496 e. The molecule has 4 rings (SSSR count). The van der Waals surface area contributed by atoms with Crippen molar-refractivity contribution in [1.82, 2.24) is 5.32 Å². The minimum absolute atomic E-state index is 0.175. The highest BCUT2D eigenvalue weighted by Gasteiger charge is 2.36. The van der Waals surface area contributed by atoms with Crippen LogP contribution < -0.4 is 15.0 Å². The predicted octanol–water partition coefficient (Wildman–Crippen LogP) is 5.86. The molecule has 4 amide bonds. The van der Waals surface area contributed by atoms with E-state index in [4.69, 9.17) is 27.9 Å². The molecule has 1 aliphatic heterocycles. The molecular formula is C25H17Cl2IN2O4. The summed E-state index contributed by atoms with van der Waals surface area (Å²) in [5.41, 5.74) is 2.58. The topological polar surface area (TPSA) is 75.7 Å². The molecule has 0 bridgehead atoms. The van der Waals surface area contributed by atoms with Crippen molar-refractivity contribution in [3.05, 3.63) is 96.5 Å². The third-order valence-corrected chi connectivity index (χ3v) is 6.80. The summed E-state index contributed by atoms with van der Waals surface area (Å²) in [6.07, 6.45) is 1.99. The fourth-order valence-electron chi connectivity index (χ4n) is 3.55. The summed E-state index contributed by atoms with van der Waals surface area (Å²) in [5, 5.41) is 3.33. The zero-order valence-electron chi connectivity index (χ0n) is 17.8. The number of barbiturate groups is 1.